The Hall–Kier alpha value is -2.82. The van der Waals surface area contributed by atoms with Crippen LogP contribution < -0.4 is 15.0 Å². The number of aryl methyl sites for hydroxylation is 1. The van der Waals surface area contributed by atoms with Crippen molar-refractivity contribution in [1.82, 2.24) is 5.32 Å². The first-order chi connectivity index (χ1) is 13.2. The third kappa shape index (κ3) is 4.88. The van der Waals surface area contributed by atoms with Crippen LogP contribution in [-0.2, 0) is 11.2 Å². The van der Waals surface area contributed by atoms with Gasteiger partial charge in [0, 0.05) is 30.8 Å². The van der Waals surface area contributed by atoms with E-state index in [1.807, 2.05) is 37.3 Å². The van der Waals surface area contributed by atoms with Crippen molar-refractivity contribution in [3.05, 3.63) is 59.7 Å². The van der Waals surface area contributed by atoms with Gasteiger partial charge in [0.1, 0.15) is 5.75 Å². The second-order valence-electron chi connectivity index (χ2n) is 6.60. The molecular formula is C22H26N2O3. The molecule has 1 fully saturated rings. The van der Waals surface area contributed by atoms with Crippen molar-refractivity contribution in [1.29, 1.82) is 0 Å². The number of carbonyl (C=O) groups is 2. The lowest BCUT2D eigenvalue weighted by Crippen LogP contribution is -2.26. The van der Waals surface area contributed by atoms with Crippen LogP contribution in [0.5, 0.6) is 5.75 Å². The van der Waals surface area contributed by atoms with E-state index < -0.39 is 0 Å². The van der Waals surface area contributed by atoms with Gasteiger partial charge in [-0.05, 0) is 56.0 Å². The molecule has 0 bridgehead atoms. The highest BCUT2D eigenvalue weighted by molar-refractivity contribution is 5.99. The van der Waals surface area contributed by atoms with Crippen LogP contribution in [0.25, 0.3) is 0 Å². The summed E-state index contributed by atoms with van der Waals surface area (Å²) >= 11 is 0. The molecule has 27 heavy (non-hydrogen) atoms. The number of anilines is 1. The fourth-order valence-corrected chi connectivity index (χ4v) is 3.33. The van der Waals surface area contributed by atoms with E-state index in [2.05, 4.69) is 11.4 Å². The van der Waals surface area contributed by atoms with Gasteiger partial charge < -0.3 is 15.0 Å². The van der Waals surface area contributed by atoms with Crippen molar-refractivity contribution in [3.63, 3.8) is 0 Å². The van der Waals surface area contributed by atoms with Crippen LogP contribution in [0, 0.1) is 0 Å². The van der Waals surface area contributed by atoms with E-state index >= 15 is 0 Å². The quantitative estimate of drug-likeness (QED) is 0.727. The van der Waals surface area contributed by atoms with Gasteiger partial charge in [-0.3, -0.25) is 9.59 Å². The first-order valence-electron chi connectivity index (χ1n) is 9.58. The van der Waals surface area contributed by atoms with E-state index in [-0.39, 0.29) is 11.8 Å². The molecule has 3 rings (SSSR count). The van der Waals surface area contributed by atoms with Crippen LogP contribution in [-0.4, -0.2) is 31.5 Å². The maximum absolute atomic E-state index is 12.4. The molecule has 0 saturated carbocycles. The first kappa shape index (κ1) is 19.0. The number of hydrogen-bond donors (Lipinski definition) is 1. The molecule has 0 atom stereocenters. The summed E-state index contributed by atoms with van der Waals surface area (Å²) in [5.74, 6) is 0.927. The molecule has 1 heterocycles. The van der Waals surface area contributed by atoms with E-state index in [1.54, 1.807) is 17.0 Å². The Balaban J connectivity index is 1.52. The number of carbonyl (C=O) groups excluding carboxylic acids is 2. The van der Waals surface area contributed by atoms with Gasteiger partial charge in [0.2, 0.25) is 5.91 Å². The van der Waals surface area contributed by atoms with Crippen LogP contribution in [0.4, 0.5) is 5.69 Å². The highest BCUT2D eigenvalue weighted by atomic mass is 16.5. The molecule has 0 unspecified atom stereocenters. The topological polar surface area (TPSA) is 58.6 Å². The number of nitrogens with zero attached hydrogens (tertiary/aromatic N) is 1. The number of amides is 2. The zero-order chi connectivity index (χ0) is 19.1. The summed E-state index contributed by atoms with van der Waals surface area (Å²) in [6.07, 6.45) is 3.14. The third-order valence-electron chi connectivity index (χ3n) is 4.67. The minimum Gasteiger partial charge on any atom is -0.494 e. The summed E-state index contributed by atoms with van der Waals surface area (Å²) in [4.78, 5) is 26.1. The molecule has 0 aliphatic carbocycles. The van der Waals surface area contributed by atoms with Gasteiger partial charge in [0.15, 0.2) is 0 Å². The van der Waals surface area contributed by atoms with Crippen molar-refractivity contribution in [3.8, 4) is 5.75 Å². The van der Waals surface area contributed by atoms with E-state index in [0.717, 1.165) is 42.8 Å². The van der Waals surface area contributed by atoms with E-state index in [1.165, 1.54) is 0 Å². The van der Waals surface area contributed by atoms with E-state index in [0.29, 0.717) is 25.1 Å². The Kier molecular flexibility index (Phi) is 6.47. The summed E-state index contributed by atoms with van der Waals surface area (Å²) in [5, 5.41) is 2.97. The minimum atomic E-state index is -0.110. The molecule has 0 aromatic heterocycles. The fourth-order valence-electron chi connectivity index (χ4n) is 3.33. The summed E-state index contributed by atoms with van der Waals surface area (Å²) in [5.41, 5.74) is 2.54. The Bertz CT molecular complexity index is 804. The number of ether oxygens (including phenoxy) is 1. The minimum absolute atomic E-state index is 0.110. The molecule has 5 heteroatoms. The molecule has 2 aromatic carbocycles. The number of rotatable bonds is 8. The summed E-state index contributed by atoms with van der Waals surface area (Å²) in [6.45, 7) is 3.93. The van der Waals surface area contributed by atoms with Crippen molar-refractivity contribution in [2.75, 3.05) is 24.6 Å². The Morgan fingerprint density at radius 3 is 2.81 bits per heavy atom. The average Bonchev–Trinajstić information content (AvgIpc) is 3.12. The van der Waals surface area contributed by atoms with Crippen LogP contribution >= 0.6 is 0 Å². The zero-order valence-electron chi connectivity index (χ0n) is 15.7. The molecule has 1 aliphatic heterocycles. The van der Waals surface area contributed by atoms with Crippen molar-refractivity contribution in [2.24, 2.45) is 0 Å². The standard InChI is InChI=1S/C22H26N2O3/c1-2-27-20-12-4-3-8-17(20)10-6-14-23-22(26)18-9-5-11-19(16-18)24-15-7-13-21(24)25/h3-5,8-9,11-12,16H,2,6-7,10,13-15H2,1H3,(H,23,26). The molecule has 0 spiro atoms. The number of hydrogen-bond acceptors (Lipinski definition) is 3. The van der Waals surface area contributed by atoms with Gasteiger partial charge in [-0.1, -0.05) is 24.3 Å². The smallest absolute Gasteiger partial charge is 0.251 e. The molecule has 142 valence electrons. The zero-order valence-corrected chi connectivity index (χ0v) is 15.7. The lowest BCUT2D eigenvalue weighted by atomic mass is 10.1. The van der Waals surface area contributed by atoms with E-state index in [9.17, 15) is 9.59 Å². The van der Waals surface area contributed by atoms with Crippen molar-refractivity contribution >= 4 is 17.5 Å². The Morgan fingerprint density at radius 1 is 1.19 bits per heavy atom. The predicted molar refractivity (Wildman–Crippen MR) is 106 cm³/mol. The molecule has 1 saturated heterocycles. The fraction of sp³-hybridized carbons (Fsp3) is 0.364. The largest absolute Gasteiger partial charge is 0.494 e. The van der Waals surface area contributed by atoms with Gasteiger partial charge >= 0.3 is 0 Å². The molecule has 1 N–H and O–H groups in total. The highest BCUT2D eigenvalue weighted by Crippen LogP contribution is 2.22. The monoisotopic (exact) mass is 366 g/mol. The lowest BCUT2D eigenvalue weighted by Gasteiger charge is -2.16. The van der Waals surface area contributed by atoms with Crippen LogP contribution in [0.2, 0.25) is 0 Å². The van der Waals surface area contributed by atoms with Gasteiger partial charge in [0.25, 0.3) is 5.91 Å². The maximum Gasteiger partial charge on any atom is 0.251 e. The lowest BCUT2D eigenvalue weighted by molar-refractivity contribution is -0.117. The van der Waals surface area contributed by atoms with Crippen molar-refractivity contribution < 1.29 is 14.3 Å². The molecule has 0 radical (unpaired) electrons. The van der Waals surface area contributed by atoms with E-state index in [4.69, 9.17) is 4.74 Å². The third-order valence-corrected chi connectivity index (χ3v) is 4.67. The summed E-state index contributed by atoms with van der Waals surface area (Å²) in [6, 6.07) is 15.3. The van der Waals surface area contributed by atoms with Crippen molar-refractivity contribution in [2.45, 2.75) is 32.6 Å². The number of benzene rings is 2. The molecular weight excluding hydrogens is 340 g/mol. The molecule has 5 nitrogen and oxygen atoms in total. The van der Waals surface area contributed by atoms with Gasteiger partial charge in [-0.2, -0.15) is 0 Å². The normalized spacial score (nSPS) is 13.7. The number of nitrogens with one attached hydrogen (secondary N) is 1. The van der Waals surface area contributed by atoms with Crippen LogP contribution in [0.1, 0.15) is 42.1 Å². The van der Waals surface area contributed by atoms with Crippen LogP contribution in [0.15, 0.2) is 48.5 Å². The number of para-hydroxylation sites is 1. The summed E-state index contributed by atoms with van der Waals surface area (Å²) in [7, 11) is 0. The second kappa shape index (κ2) is 9.21. The second-order valence-corrected chi connectivity index (χ2v) is 6.60. The summed E-state index contributed by atoms with van der Waals surface area (Å²) < 4.78 is 5.64. The Labute approximate surface area is 160 Å². The van der Waals surface area contributed by atoms with Crippen LogP contribution in [0.3, 0.4) is 0 Å². The predicted octanol–water partition coefficient (Wildman–Crippen LogP) is 3.57. The van der Waals surface area contributed by atoms with Gasteiger partial charge in [-0.15, -0.1) is 0 Å². The van der Waals surface area contributed by atoms with Gasteiger partial charge in [-0.25, -0.2) is 0 Å². The molecule has 2 aromatic rings. The highest BCUT2D eigenvalue weighted by Gasteiger charge is 2.22. The SMILES string of the molecule is CCOc1ccccc1CCCNC(=O)c1cccc(N2CCCC2=O)c1. The Morgan fingerprint density at radius 2 is 2.04 bits per heavy atom. The first-order valence-corrected chi connectivity index (χ1v) is 9.58. The average molecular weight is 366 g/mol. The molecule has 2 amide bonds. The molecule has 1 aliphatic rings. The maximum atomic E-state index is 12.4. The van der Waals surface area contributed by atoms with Gasteiger partial charge in [0.05, 0.1) is 6.61 Å².